The molecule has 1 heteroatoms. The van der Waals surface area contributed by atoms with Gasteiger partial charge in [0, 0.05) is 6.04 Å². The van der Waals surface area contributed by atoms with Crippen molar-refractivity contribution in [1.29, 1.82) is 0 Å². The minimum Gasteiger partial charge on any atom is -0.314 e. The number of nitrogens with one attached hydrogen (secondary N) is 1. The molecular weight excluding hydrogens is 218 g/mol. The largest absolute Gasteiger partial charge is 0.314 e. The third-order valence-electron chi connectivity index (χ3n) is 4.86. The zero-order chi connectivity index (χ0) is 12.5. The molecule has 1 N–H and O–H groups in total. The van der Waals surface area contributed by atoms with Crippen LogP contribution in [0.25, 0.3) is 0 Å². The van der Waals surface area contributed by atoms with Gasteiger partial charge in [0.2, 0.25) is 0 Å². The van der Waals surface area contributed by atoms with E-state index in [-0.39, 0.29) is 0 Å². The second kappa shape index (κ2) is 5.05. The minimum atomic E-state index is 0.801. The van der Waals surface area contributed by atoms with Crippen LogP contribution in [0.1, 0.15) is 54.7 Å². The molecule has 1 aromatic carbocycles. The van der Waals surface area contributed by atoms with E-state index in [9.17, 15) is 0 Å². The van der Waals surface area contributed by atoms with E-state index < -0.39 is 0 Å². The number of benzene rings is 1. The number of hydrogen-bond acceptors (Lipinski definition) is 1. The van der Waals surface area contributed by atoms with Gasteiger partial charge in [0.1, 0.15) is 0 Å². The lowest BCUT2D eigenvalue weighted by Crippen LogP contribution is -2.26. The normalized spacial score (nSPS) is 27.7. The third kappa shape index (κ3) is 2.61. The summed E-state index contributed by atoms with van der Waals surface area (Å²) in [4.78, 5) is 0. The maximum Gasteiger partial charge on any atom is 0.00683 e. The zero-order valence-electron chi connectivity index (χ0n) is 11.7. The van der Waals surface area contributed by atoms with Gasteiger partial charge in [-0.2, -0.15) is 0 Å². The average molecular weight is 243 g/mol. The fourth-order valence-electron chi connectivity index (χ4n) is 3.32. The molecule has 3 rings (SSSR count). The molecule has 18 heavy (non-hydrogen) atoms. The highest BCUT2D eigenvalue weighted by Crippen LogP contribution is 2.40. The molecule has 0 saturated heterocycles. The average Bonchev–Trinajstić information content (AvgIpc) is 3.08. The highest BCUT2D eigenvalue weighted by molar-refractivity contribution is 5.32. The number of aryl methyl sites for hydroxylation is 2. The predicted molar refractivity (Wildman–Crippen MR) is 77.0 cm³/mol. The Morgan fingerprint density at radius 3 is 2.61 bits per heavy atom. The zero-order valence-corrected chi connectivity index (χ0v) is 11.7. The molecule has 0 bridgehead atoms. The Kier molecular flexibility index (Phi) is 3.43. The summed E-state index contributed by atoms with van der Waals surface area (Å²) in [6.45, 7) is 5.69. The van der Waals surface area contributed by atoms with Gasteiger partial charge in [0.05, 0.1) is 0 Å². The van der Waals surface area contributed by atoms with E-state index in [0.717, 1.165) is 17.9 Å². The van der Waals surface area contributed by atoms with Crippen LogP contribution in [0.3, 0.4) is 0 Å². The summed E-state index contributed by atoms with van der Waals surface area (Å²) in [6.07, 6.45) is 7.02. The lowest BCUT2D eigenvalue weighted by Gasteiger charge is -2.21. The molecule has 0 aromatic heterocycles. The van der Waals surface area contributed by atoms with Crippen molar-refractivity contribution in [2.45, 2.75) is 57.9 Å². The molecule has 2 aliphatic carbocycles. The quantitative estimate of drug-likeness (QED) is 0.844. The molecule has 0 radical (unpaired) electrons. The second-order valence-electron chi connectivity index (χ2n) is 6.32. The molecular formula is C17H25N. The predicted octanol–water partition coefficient (Wildman–Crippen LogP) is 3.94. The van der Waals surface area contributed by atoms with Crippen LogP contribution in [0.4, 0.5) is 0 Å². The van der Waals surface area contributed by atoms with Crippen molar-refractivity contribution in [2.24, 2.45) is 5.92 Å². The first kappa shape index (κ1) is 12.2. The molecule has 98 valence electrons. The molecule has 2 saturated carbocycles. The van der Waals surface area contributed by atoms with Crippen LogP contribution in [0.5, 0.6) is 0 Å². The Balaban J connectivity index is 1.70. The van der Waals surface area contributed by atoms with E-state index in [0.29, 0.717) is 0 Å². The first-order chi connectivity index (χ1) is 8.74. The SMILES string of the molecule is Cc1ccc(C2CCCC2CNC2CC2)cc1C. The summed E-state index contributed by atoms with van der Waals surface area (Å²) in [6, 6.07) is 7.94. The van der Waals surface area contributed by atoms with Gasteiger partial charge in [-0.25, -0.2) is 0 Å². The van der Waals surface area contributed by atoms with Crippen LogP contribution in [-0.4, -0.2) is 12.6 Å². The monoisotopic (exact) mass is 243 g/mol. The van der Waals surface area contributed by atoms with Crippen LogP contribution in [-0.2, 0) is 0 Å². The van der Waals surface area contributed by atoms with Crippen molar-refractivity contribution >= 4 is 0 Å². The van der Waals surface area contributed by atoms with Crippen molar-refractivity contribution in [3.63, 3.8) is 0 Å². The topological polar surface area (TPSA) is 12.0 Å². The summed E-state index contributed by atoms with van der Waals surface area (Å²) in [5, 5.41) is 3.72. The van der Waals surface area contributed by atoms with Crippen LogP contribution >= 0.6 is 0 Å². The van der Waals surface area contributed by atoms with E-state index in [4.69, 9.17) is 0 Å². The summed E-state index contributed by atoms with van der Waals surface area (Å²) < 4.78 is 0. The third-order valence-corrected chi connectivity index (χ3v) is 4.86. The van der Waals surface area contributed by atoms with Crippen LogP contribution < -0.4 is 5.32 Å². The van der Waals surface area contributed by atoms with Crippen molar-refractivity contribution < 1.29 is 0 Å². The molecule has 2 fully saturated rings. The van der Waals surface area contributed by atoms with Gasteiger partial charge in [-0.15, -0.1) is 0 Å². The van der Waals surface area contributed by atoms with E-state index in [1.165, 1.54) is 49.8 Å². The van der Waals surface area contributed by atoms with E-state index in [1.54, 1.807) is 5.56 Å². The molecule has 2 atom stereocenters. The van der Waals surface area contributed by atoms with Gasteiger partial charge in [-0.3, -0.25) is 0 Å². The fourth-order valence-corrected chi connectivity index (χ4v) is 3.32. The van der Waals surface area contributed by atoms with Gasteiger partial charge >= 0.3 is 0 Å². The van der Waals surface area contributed by atoms with Crippen molar-refractivity contribution in [3.05, 3.63) is 34.9 Å². The Morgan fingerprint density at radius 2 is 1.89 bits per heavy atom. The maximum absolute atomic E-state index is 3.72. The van der Waals surface area contributed by atoms with Gasteiger partial charge in [-0.05, 0) is 74.6 Å². The van der Waals surface area contributed by atoms with Crippen LogP contribution in [0.15, 0.2) is 18.2 Å². The second-order valence-corrected chi connectivity index (χ2v) is 6.32. The molecule has 1 nitrogen and oxygen atoms in total. The highest BCUT2D eigenvalue weighted by atomic mass is 14.9. The molecule has 0 aliphatic heterocycles. The fraction of sp³-hybridized carbons (Fsp3) is 0.647. The summed E-state index contributed by atoms with van der Waals surface area (Å²) in [5.74, 6) is 1.67. The molecule has 1 aromatic rings. The van der Waals surface area contributed by atoms with E-state index in [1.807, 2.05) is 0 Å². The standard InChI is InChI=1S/C17H25N/c1-12-6-7-14(10-13(12)2)17-5-3-4-15(17)11-18-16-8-9-16/h6-7,10,15-18H,3-5,8-9,11H2,1-2H3. The van der Waals surface area contributed by atoms with Gasteiger partial charge < -0.3 is 5.32 Å². The van der Waals surface area contributed by atoms with Gasteiger partial charge in [-0.1, -0.05) is 24.6 Å². The van der Waals surface area contributed by atoms with E-state index >= 15 is 0 Å². The highest BCUT2D eigenvalue weighted by Gasteiger charge is 2.30. The van der Waals surface area contributed by atoms with Crippen LogP contribution in [0.2, 0.25) is 0 Å². The van der Waals surface area contributed by atoms with Crippen molar-refractivity contribution in [2.75, 3.05) is 6.54 Å². The van der Waals surface area contributed by atoms with Crippen molar-refractivity contribution in [1.82, 2.24) is 5.32 Å². The van der Waals surface area contributed by atoms with Gasteiger partial charge in [0.15, 0.2) is 0 Å². The van der Waals surface area contributed by atoms with E-state index in [2.05, 4.69) is 37.4 Å². The molecule has 0 heterocycles. The first-order valence-electron chi connectivity index (χ1n) is 7.54. The van der Waals surface area contributed by atoms with Crippen LogP contribution in [0, 0.1) is 19.8 Å². The van der Waals surface area contributed by atoms with Gasteiger partial charge in [0.25, 0.3) is 0 Å². The smallest absolute Gasteiger partial charge is 0.00683 e. The number of hydrogen-bond donors (Lipinski definition) is 1. The maximum atomic E-state index is 3.72. The Bertz CT molecular complexity index is 420. The molecule has 0 amide bonds. The minimum absolute atomic E-state index is 0.801. The summed E-state index contributed by atoms with van der Waals surface area (Å²) >= 11 is 0. The Morgan fingerprint density at radius 1 is 1.06 bits per heavy atom. The first-order valence-corrected chi connectivity index (χ1v) is 7.54. The Hall–Kier alpha value is -0.820. The summed E-state index contributed by atoms with van der Waals surface area (Å²) in [7, 11) is 0. The lowest BCUT2D eigenvalue weighted by molar-refractivity contribution is 0.442. The molecule has 0 spiro atoms. The number of rotatable bonds is 4. The molecule has 2 unspecified atom stereocenters. The lowest BCUT2D eigenvalue weighted by atomic mass is 9.87. The summed E-state index contributed by atoms with van der Waals surface area (Å²) in [5.41, 5.74) is 4.45. The van der Waals surface area contributed by atoms with Crippen molar-refractivity contribution in [3.8, 4) is 0 Å². The molecule has 2 aliphatic rings. The Labute approximate surface area is 111 Å².